The number of hydrogen-bond acceptors (Lipinski definition) is 4. The average molecular weight is 259 g/mol. The molecule has 6 nitrogen and oxygen atoms in total. The minimum absolute atomic E-state index is 0.201. The van der Waals surface area contributed by atoms with Crippen LogP contribution in [0.25, 0.3) is 0 Å². The summed E-state index contributed by atoms with van der Waals surface area (Å²) in [5, 5.41) is 19.9. The van der Waals surface area contributed by atoms with Crippen molar-refractivity contribution in [1.29, 1.82) is 0 Å². The lowest BCUT2D eigenvalue weighted by Gasteiger charge is -2.08. The van der Waals surface area contributed by atoms with Crippen LogP contribution in [-0.4, -0.2) is 34.7 Å². The molecular weight excluding hydrogens is 248 g/mol. The molecular formula is C10H11ClN2O4. The Balaban J connectivity index is 2.67. The summed E-state index contributed by atoms with van der Waals surface area (Å²) in [7, 11) is 0. The number of nitrogens with one attached hydrogen (secondary N) is 1. The Kier molecular flexibility index (Phi) is 4.30. The number of carbonyl (C=O) groups is 2. The van der Waals surface area contributed by atoms with E-state index in [2.05, 4.69) is 5.32 Å². The van der Waals surface area contributed by atoms with E-state index in [1.807, 2.05) is 0 Å². The predicted molar refractivity (Wildman–Crippen MR) is 61.8 cm³/mol. The number of aliphatic carboxylic acids is 1. The van der Waals surface area contributed by atoms with Gasteiger partial charge >= 0.3 is 5.97 Å². The first kappa shape index (κ1) is 13.3. The van der Waals surface area contributed by atoms with E-state index in [0.717, 1.165) is 0 Å². The smallest absolute Gasteiger partial charge is 0.334 e. The van der Waals surface area contributed by atoms with Gasteiger partial charge in [-0.15, -0.1) is 0 Å². The van der Waals surface area contributed by atoms with Crippen molar-refractivity contribution in [2.45, 2.75) is 6.10 Å². The highest BCUT2D eigenvalue weighted by molar-refractivity contribution is 6.31. The number of carbonyl (C=O) groups excluding carboxylic acids is 1. The van der Waals surface area contributed by atoms with Crippen molar-refractivity contribution in [3.05, 3.63) is 28.8 Å². The number of carboxylic acids is 1. The summed E-state index contributed by atoms with van der Waals surface area (Å²) in [5.74, 6) is -1.96. The molecule has 1 aromatic rings. The topological polar surface area (TPSA) is 113 Å². The van der Waals surface area contributed by atoms with E-state index in [9.17, 15) is 9.59 Å². The first-order chi connectivity index (χ1) is 7.90. The molecule has 0 aliphatic rings. The highest BCUT2D eigenvalue weighted by Gasteiger charge is 2.15. The fraction of sp³-hybridized carbons (Fsp3) is 0.200. The minimum Gasteiger partial charge on any atom is -0.479 e. The van der Waals surface area contributed by atoms with Crippen molar-refractivity contribution in [3.63, 3.8) is 0 Å². The molecule has 0 bridgehead atoms. The number of halogens is 1. The van der Waals surface area contributed by atoms with E-state index in [1.165, 1.54) is 18.2 Å². The van der Waals surface area contributed by atoms with Gasteiger partial charge in [-0.1, -0.05) is 11.6 Å². The zero-order valence-corrected chi connectivity index (χ0v) is 9.44. The number of nitrogens with two attached hydrogens (primary N) is 1. The van der Waals surface area contributed by atoms with Crippen LogP contribution in [0.5, 0.6) is 0 Å². The number of anilines is 1. The van der Waals surface area contributed by atoms with Gasteiger partial charge in [0, 0.05) is 16.3 Å². The van der Waals surface area contributed by atoms with Crippen LogP contribution in [0.4, 0.5) is 5.69 Å². The molecule has 0 aliphatic carbocycles. The Hall–Kier alpha value is -1.79. The molecule has 1 aromatic carbocycles. The number of benzene rings is 1. The molecule has 0 fully saturated rings. The van der Waals surface area contributed by atoms with Gasteiger partial charge in [-0.2, -0.15) is 0 Å². The zero-order valence-electron chi connectivity index (χ0n) is 8.68. The van der Waals surface area contributed by atoms with E-state index < -0.39 is 18.0 Å². The first-order valence-corrected chi connectivity index (χ1v) is 5.03. The summed E-state index contributed by atoms with van der Waals surface area (Å²) in [6.45, 7) is -0.388. The molecule has 17 heavy (non-hydrogen) atoms. The third-order valence-corrected chi connectivity index (χ3v) is 2.14. The van der Waals surface area contributed by atoms with Crippen LogP contribution < -0.4 is 11.1 Å². The molecule has 5 N–H and O–H groups in total. The van der Waals surface area contributed by atoms with Gasteiger partial charge in [-0.05, 0) is 18.2 Å². The van der Waals surface area contributed by atoms with Gasteiger partial charge in [0.15, 0.2) is 6.10 Å². The molecule has 1 amide bonds. The quantitative estimate of drug-likeness (QED) is 0.572. The molecule has 0 radical (unpaired) electrons. The van der Waals surface area contributed by atoms with Gasteiger partial charge < -0.3 is 21.3 Å². The molecule has 0 aromatic heterocycles. The van der Waals surface area contributed by atoms with Crippen LogP contribution >= 0.6 is 11.6 Å². The van der Waals surface area contributed by atoms with E-state index in [1.54, 1.807) is 0 Å². The van der Waals surface area contributed by atoms with Crippen LogP contribution in [0.3, 0.4) is 0 Å². The fourth-order valence-corrected chi connectivity index (χ4v) is 1.37. The standard InChI is InChI=1S/C10H11ClN2O4/c11-6-1-5(2-7(12)3-6)9(15)13-4-8(14)10(16)17/h1-3,8,14H,4,12H2,(H,13,15)(H,16,17)/t8-/m0/s1. The lowest BCUT2D eigenvalue weighted by molar-refractivity contribution is -0.146. The van der Waals surface area contributed by atoms with Crippen molar-refractivity contribution < 1.29 is 19.8 Å². The van der Waals surface area contributed by atoms with E-state index >= 15 is 0 Å². The van der Waals surface area contributed by atoms with Gasteiger partial charge in [0.2, 0.25) is 0 Å². The molecule has 0 heterocycles. The highest BCUT2D eigenvalue weighted by atomic mass is 35.5. The van der Waals surface area contributed by atoms with Crippen LogP contribution in [0, 0.1) is 0 Å². The SMILES string of the molecule is Nc1cc(Cl)cc(C(=O)NC[C@H](O)C(=O)O)c1. The summed E-state index contributed by atoms with van der Waals surface area (Å²) < 4.78 is 0. The Bertz CT molecular complexity index is 430. The summed E-state index contributed by atoms with van der Waals surface area (Å²) >= 11 is 5.70. The number of hydrogen-bond donors (Lipinski definition) is 4. The van der Waals surface area contributed by atoms with Gasteiger partial charge in [-0.3, -0.25) is 4.79 Å². The maximum Gasteiger partial charge on any atom is 0.334 e. The Morgan fingerprint density at radius 3 is 2.59 bits per heavy atom. The maximum absolute atomic E-state index is 11.5. The number of amides is 1. The van der Waals surface area contributed by atoms with Crippen LogP contribution in [-0.2, 0) is 4.79 Å². The van der Waals surface area contributed by atoms with Crippen LogP contribution in [0.1, 0.15) is 10.4 Å². The highest BCUT2D eigenvalue weighted by Crippen LogP contribution is 2.16. The van der Waals surface area contributed by atoms with Gasteiger partial charge in [0.05, 0.1) is 6.54 Å². The summed E-state index contributed by atoms with van der Waals surface area (Å²) in [6, 6.07) is 4.26. The Morgan fingerprint density at radius 1 is 1.41 bits per heavy atom. The molecule has 0 aliphatic heterocycles. The summed E-state index contributed by atoms with van der Waals surface area (Å²) in [5.41, 5.74) is 6.02. The third kappa shape index (κ3) is 3.93. The molecule has 1 rings (SSSR count). The lowest BCUT2D eigenvalue weighted by atomic mass is 10.2. The zero-order chi connectivity index (χ0) is 13.0. The average Bonchev–Trinajstić information content (AvgIpc) is 2.23. The number of rotatable bonds is 4. The molecule has 7 heteroatoms. The Labute approximate surface area is 102 Å². The van der Waals surface area contributed by atoms with Crippen molar-refractivity contribution in [2.75, 3.05) is 12.3 Å². The molecule has 0 unspecified atom stereocenters. The molecule has 0 saturated carbocycles. The van der Waals surface area contributed by atoms with Crippen LogP contribution in [0.15, 0.2) is 18.2 Å². The number of carboxylic acid groups (broad SMARTS) is 1. The summed E-state index contributed by atoms with van der Waals surface area (Å²) in [6.07, 6.45) is -1.64. The van der Waals surface area contributed by atoms with E-state index in [0.29, 0.717) is 10.7 Å². The minimum atomic E-state index is -1.64. The lowest BCUT2D eigenvalue weighted by Crippen LogP contribution is -2.36. The normalized spacial score (nSPS) is 11.9. The number of nitrogen functional groups attached to an aromatic ring is 1. The van der Waals surface area contributed by atoms with Crippen LogP contribution in [0.2, 0.25) is 5.02 Å². The number of aliphatic hydroxyl groups excluding tert-OH is 1. The second-order valence-electron chi connectivity index (χ2n) is 3.34. The third-order valence-electron chi connectivity index (χ3n) is 1.92. The Morgan fingerprint density at radius 2 is 2.06 bits per heavy atom. The van der Waals surface area contributed by atoms with Crippen molar-refractivity contribution in [2.24, 2.45) is 0 Å². The molecule has 92 valence electrons. The number of aliphatic hydroxyl groups is 1. The van der Waals surface area contributed by atoms with Crippen molar-refractivity contribution >= 4 is 29.2 Å². The fourth-order valence-electron chi connectivity index (χ4n) is 1.12. The predicted octanol–water partition coefficient (Wildman–Crippen LogP) is 0.0975. The van der Waals surface area contributed by atoms with E-state index in [-0.39, 0.29) is 12.1 Å². The van der Waals surface area contributed by atoms with Gasteiger partial charge in [-0.25, -0.2) is 4.79 Å². The second kappa shape index (κ2) is 5.51. The maximum atomic E-state index is 11.5. The molecule has 1 atom stereocenters. The van der Waals surface area contributed by atoms with Crippen molar-refractivity contribution in [1.82, 2.24) is 5.32 Å². The van der Waals surface area contributed by atoms with Crippen molar-refractivity contribution in [3.8, 4) is 0 Å². The largest absolute Gasteiger partial charge is 0.479 e. The van der Waals surface area contributed by atoms with E-state index in [4.69, 9.17) is 27.5 Å². The monoisotopic (exact) mass is 258 g/mol. The van der Waals surface area contributed by atoms with Gasteiger partial charge in [0.1, 0.15) is 0 Å². The first-order valence-electron chi connectivity index (χ1n) is 4.65. The van der Waals surface area contributed by atoms with Gasteiger partial charge in [0.25, 0.3) is 5.91 Å². The molecule has 0 spiro atoms. The second-order valence-corrected chi connectivity index (χ2v) is 3.77. The summed E-state index contributed by atoms with van der Waals surface area (Å²) in [4.78, 5) is 21.9. The molecule has 0 saturated heterocycles.